The first-order valence-electron chi connectivity index (χ1n) is 5.36. The van der Waals surface area contributed by atoms with Crippen LogP contribution in [0.4, 0.5) is 8.78 Å². The Morgan fingerprint density at radius 2 is 2.06 bits per heavy atom. The highest BCUT2D eigenvalue weighted by Gasteiger charge is 2.36. The van der Waals surface area contributed by atoms with E-state index >= 15 is 0 Å². The fraction of sp³-hybridized carbons (Fsp3) is 0.231. The van der Waals surface area contributed by atoms with Gasteiger partial charge in [0.25, 0.3) is 5.92 Å². The summed E-state index contributed by atoms with van der Waals surface area (Å²) < 4.78 is 27.8. The van der Waals surface area contributed by atoms with Gasteiger partial charge in [-0.05, 0) is 19.1 Å². The Morgan fingerprint density at radius 1 is 1.39 bits per heavy atom. The molecule has 1 heterocycles. The molecule has 0 aliphatic carbocycles. The zero-order valence-electron chi connectivity index (χ0n) is 9.65. The van der Waals surface area contributed by atoms with Crippen molar-refractivity contribution in [3.63, 3.8) is 0 Å². The van der Waals surface area contributed by atoms with Crippen molar-refractivity contribution in [2.45, 2.75) is 19.3 Å². The normalized spacial score (nSPS) is 11.7. The summed E-state index contributed by atoms with van der Waals surface area (Å²) in [6.45, 7) is 1.60. The summed E-state index contributed by atoms with van der Waals surface area (Å²) in [4.78, 5) is 14.7. The molecule has 0 saturated heterocycles. The molecule has 18 heavy (non-hydrogen) atoms. The molecule has 3 nitrogen and oxygen atoms in total. The van der Waals surface area contributed by atoms with Gasteiger partial charge in [0.05, 0.1) is 5.52 Å². The average Bonchev–Trinajstić information content (AvgIpc) is 2.26. The molecule has 0 unspecified atom stereocenters. The van der Waals surface area contributed by atoms with Gasteiger partial charge < -0.3 is 5.11 Å². The van der Waals surface area contributed by atoms with E-state index in [-0.39, 0.29) is 10.9 Å². The van der Waals surface area contributed by atoms with Crippen molar-refractivity contribution in [1.29, 1.82) is 0 Å². The molecule has 0 amide bonds. The summed E-state index contributed by atoms with van der Waals surface area (Å²) in [6.07, 6.45) is -1.22. The highest BCUT2D eigenvalue weighted by molar-refractivity contribution is 5.83. The number of hydrogen-bond donors (Lipinski definition) is 1. The third kappa shape index (κ3) is 2.30. The lowest BCUT2D eigenvalue weighted by atomic mass is 10.00. The SMILES string of the molecule is Cc1cc(C(F)(F)CC(=O)O)c2ccccc2n1. The van der Waals surface area contributed by atoms with Gasteiger partial charge in [0, 0.05) is 16.6 Å². The second-order valence-electron chi connectivity index (χ2n) is 4.10. The van der Waals surface area contributed by atoms with Crippen LogP contribution in [0, 0.1) is 6.92 Å². The molecule has 0 atom stereocenters. The van der Waals surface area contributed by atoms with Crippen LogP contribution < -0.4 is 0 Å². The van der Waals surface area contributed by atoms with Gasteiger partial charge in [-0.3, -0.25) is 9.78 Å². The van der Waals surface area contributed by atoms with Crippen LogP contribution in [0.1, 0.15) is 17.7 Å². The number of para-hydroxylation sites is 1. The van der Waals surface area contributed by atoms with E-state index in [9.17, 15) is 13.6 Å². The number of nitrogens with zero attached hydrogens (tertiary/aromatic N) is 1. The Labute approximate surface area is 102 Å². The number of rotatable bonds is 3. The molecule has 0 saturated carbocycles. The Kier molecular flexibility index (Phi) is 2.98. The first-order chi connectivity index (χ1) is 8.40. The fourth-order valence-electron chi connectivity index (χ4n) is 1.90. The van der Waals surface area contributed by atoms with E-state index in [1.54, 1.807) is 25.1 Å². The van der Waals surface area contributed by atoms with Crippen LogP contribution in [0.3, 0.4) is 0 Å². The summed E-state index contributed by atoms with van der Waals surface area (Å²) in [5, 5.41) is 8.84. The molecule has 2 aromatic rings. The van der Waals surface area contributed by atoms with E-state index in [1.807, 2.05) is 0 Å². The Bertz CT molecular complexity index is 611. The number of aliphatic carboxylic acids is 1. The summed E-state index contributed by atoms with van der Waals surface area (Å²) in [7, 11) is 0. The minimum atomic E-state index is -3.40. The number of aryl methyl sites for hydroxylation is 1. The van der Waals surface area contributed by atoms with Crippen LogP contribution in [0.15, 0.2) is 30.3 Å². The number of carbonyl (C=O) groups is 1. The zero-order chi connectivity index (χ0) is 13.3. The monoisotopic (exact) mass is 251 g/mol. The molecule has 1 aromatic heterocycles. The van der Waals surface area contributed by atoms with E-state index in [4.69, 9.17) is 5.11 Å². The van der Waals surface area contributed by atoms with Crippen LogP contribution in [0.25, 0.3) is 10.9 Å². The van der Waals surface area contributed by atoms with Crippen LogP contribution in [0.2, 0.25) is 0 Å². The van der Waals surface area contributed by atoms with Gasteiger partial charge in [0.2, 0.25) is 0 Å². The maximum absolute atomic E-state index is 13.9. The van der Waals surface area contributed by atoms with Gasteiger partial charge in [0.15, 0.2) is 0 Å². The van der Waals surface area contributed by atoms with Crippen LogP contribution in [0.5, 0.6) is 0 Å². The third-order valence-corrected chi connectivity index (χ3v) is 2.61. The predicted molar refractivity (Wildman–Crippen MR) is 62.6 cm³/mol. The number of carboxylic acid groups (broad SMARTS) is 1. The molecule has 0 fully saturated rings. The van der Waals surface area contributed by atoms with Crippen molar-refractivity contribution in [3.05, 3.63) is 41.6 Å². The quantitative estimate of drug-likeness (QED) is 0.911. The first kappa shape index (κ1) is 12.4. The average molecular weight is 251 g/mol. The highest BCUT2D eigenvalue weighted by Crippen LogP contribution is 2.36. The lowest BCUT2D eigenvalue weighted by molar-refractivity contribution is -0.145. The molecule has 0 aliphatic rings. The molecule has 0 bridgehead atoms. The van der Waals surface area contributed by atoms with Crippen molar-refractivity contribution in [2.24, 2.45) is 0 Å². The van der Waals surface area contributed by atoms with Crippen molar-refractivity contribution in [2.75, 3.05) is 0 Å². The summed E-state index contributed by atoms with van der Waals surface area (Å²) >= 11 is 0. The maximum atomic E-state index is 13.9. The van der Waals surface area contributed by atoms with Crippen LogP contribution in [-0.2, 0) is 10.7 Å². The Balaban J connectivity index is 2.66. The molecule has 1 aromatic carbocycles. The van der Waals surface area contributed by atoms with E-state index in [0.29, 0.717) is 11.2 Å². The molecule has 94 valence electrons. The number of aromatic nitrogens is 1. The molecule has 0 spiro atoms. The highest BCUT2D eigenvalue weighted by atomic mass is 19.3. The Morgan fingerprint density at radius 3 is 2.72 bits per heavy atom. The van der Waals surface area contributed by atoms with Crippen molar-refractivity contribution < 1.29 is 18.7 Å². The fourth-order valence-corrected chi connectivity index (χ4v) is 1.90. The maximum Gasteiger partial charge on any atom is 0.309 e. The van der Waals surface area contributed by atoms with Crippen molar-refractivity contribution in [3.8, 4) is 0 Å². The number of alkyl halides is 2. The van der Waals surface area contributed by atoms with Gasteiger partial charge in [0.1, 0.15) is 6.42 Å². The number of benzene rings is 1. The predicted octanol–water partition coefficient (Wildman–Crippen LogP) is 3.11. The number of hydrogen-bond acceptors (Lipinski definition) is 2. The smallest absolute Gasteiger partial charge is 0.309 e. The number of pyridine rings is 1. The molecule has 0 radical (unpaired) electrons. The lowest BCUT2D eigenvalue weighted by Gasteiger charge is -2.17. The Hall–Kier alpha value is -2.04. The topological polar surface area (TPSA) is 50.2 Å². The zero-order valence-corrected chi connectivity index (χ0v) is 9.65. The van der Waals surface area contributed by atoms with Crippen molar-refractivity contribution in [1.82, 2.24) is 4.98 Å². The number of carboxylic acids is 1. The molecular formula is C13H11F2NO2. The molecule has 1 N–H and O–H groups in total. The van der Waals surface area contributed by atoms with Gasteiger partial charge in [-0.1, -0.05) is 18.2 Å². The van der Waals surface area contributed by atoms with Gasteiger partial charge in [-0.15, -0.1) is 0 Å². The van der Waals surface area contributed by atoms with E-state index in [2.05, 4.69) is 4.98 Å². The largest absolute Gasteiger partial charge is 0.481 e. The summed E-state index contributed by atoms with van der Waals surface area (Å²) in [5.41, 5.74) is 0.597. The standard InChI is InChI=1S/C13H11F2NO2/c1-8-6-10(13(14,15)7-12(17)18)9-4-2-3-5-11(9)16-8/h2-6H,7H2,1H3,(H,17,18). The number of halogens is 2. The van der Waals surface area contributed by atoms with Crippen molar-refractivity contribution >= 4 is 16.9 Å². The molecule has 0 aliphatic heterocycles. The minimum Gasteiger partial charge on any atom is -0.481 e. The van der Waals surface area contributed by atoms with Crippen LogP contribution in [-0.4, -0.2) is 16.1 Å². The second-order valence-corrected chi connectivity index (χ2v) is 4.10. The van der Waals surface area contributed by atoms with E-state index in [1.165, 1.54) is 12.1 Å². The third-order valence-electron chi connectivity index (χ3n) is 2.61. The lowest BCUT2D eigenvalue weighted by Crippen LogP contribution is -2.19. The van der Waals surface area contributed by atoms with Gasteiger partial charge >= 0.3 is 5.97 Å². The summed E-state index contributed by atoms with van der Waals surface area (Å²) in [6, 6.07) is 7.72. The van der Waals surface area contributed by atoms with E-state index in [0.717, 1.165) is 0 Å². The van der Waals surface area contributed by atoms with Crippen LogP contribution >= 0.6 is 0 Å². The summed E-state index contributed by atoms with van der Waals surface area (Å²) in [5.74, 6) is -4.93. The molecule has 2 rings (SSSR count). The first-order valence-corrected chi connectivity index (χ1v) is 5.36. The van der Waals surface area contributed by atoms with E-state index < -0.39 is 18.3 Å². The number of fused-ring (bicyclic) bond motifs is 1. The minimum absolute atomic E-state index is 0.284. The molecular weight excluding hydrogens is 240 g/mol. The second kappa shape index (κ2) is 4.33. The molecule has 5 heteroatoms. The van der Waals surface area contributed by atoms with Gasteiger partial charge in [-0.2, -0.15) is 0 Å². The van der Waals surface area contributed by atoms with Gasteiger partial charge in [-0.25, -0.2) is 8.78 Å².